The first kappa shape index (κ1) is 13.9. The van der Waals surface area contributed by atoms with Crippen molar-refractivity contribution in [1.29, 1.82) is 0 Å². The Balaban J connectivity index is 2.48. The van der Waals surface area contributed by atoms with E-state index >= 15 is 0 Å². The van der Waals surface area contributed by atoms with Crippen LogP contribution in [-0.2, 0) is 24.1 Å². The molecule has 1 aliphatic rings. The Hall–Kier alpha value is -1.51. The Bertz CT molecular complexity index is 515. The molecule has 0 radical (unpaired) electrons. The van der Waals surface area contributed by atoms with Gasteiger partial charge in [0.05, 0.1) is 5.41 Å². The first-order valence-electron chi connectivity index (χ1n) is 6.89. The first-order chi connectivity index (χ1) is 8.83. The number of hydrogen-bond acceptors (Lipinski definition) is 2. The van der Waals surface area contributed by atoms with Gasteiger partial charge in [-0.05, 0) is 81.2 Å². The lowest BCUT2D eigenvalue weighted by Gasteiger charge is -2.26. The Labute approximate surface area is 114 Å². The summed E-state index contributed by atoms with van der Waals surface area (Å²) < 4.78 is 0. The van der Waals surface area contributed by atoms with Gasteiger partial charge in [0.1, 0.15) is 5.75 Å². The van der Waals surface area contributed by atoms with Crippen molar-refractivity contribution in [2.45, 2.75) is 52.9 Å². The number of aromatic hydroxyl groups is 1. The summed E-state index contributed by atoms with van der Waals surface area (Å²) in [7, 11) is 0. The number of fused-ring (bicyclic) bond motifs is 1. The number of phenolic OH excluding ortho intramolecular Hbond substituents is 1. The van der Waals surface area contributed by atoms with Crippen molar-refractivity contribution in [2.75, 3.05) is 0 Å². The number of aliphatic carboxylic acids is 1. The second-order valence-electron chi connectivity index (χ2n) is 6.22. The van der Waals surface area contributed by atoms with Crippen LogP contribution < -0.4 is 0 Å². The maximum Gasteiger partial charge on any atom is 0.309 e. The maximum absolute atomic E-state index is 11.3. The highest BCUT2D eigenvalue weighted by atomic mass is 16.4. The number of carboxylic acid groups (broad SMARTS) is 1. The minimum Gasteiger partial charge on any atom is -0.508 e. The molecule has 19 heavy (non-hydrogen) atoms. The molecule has 0 atom stereocenters. The number of carboxylic acids is 1. The van der Waals surface area contributed by atoms with E-state index in [0.29, 0.717) is 6.42 Å². The van der Waals surface area contributed by atoms with Gasteiger partial charge in [-0.1, -0.05) is 0 Å². The quantitative estimate of drug-likeness (QED) is 0.879. The monoisotopic (exact) mass is 262 g/mol. The highest BCUT2D eigenvalue weighted by molar-refractivity contribution is 5.74. The summed E-state index contributed by atoms with van der Waals surface area (Å²) in [6, 6.07) is 1.79. The topological polar surface area (TPSA) is 57.5 Å². The van der Waals surface area contributed by atoms with Crippen LogP contribution in [0.2, 0.25) is 0 Å². The summed E-state index contributed by atoms with van der Waals surface area (Å²) in [4.78, 5) is 11.3. The van der Waals surface area contributed by atoms with Crippen molar-refractivity contribution in [3.05, 3.63) is 28.3 Å². The zero-order valence-electron chi connectivity index (χ0n) is 11.9. The minimum atomic E-state index is -0.849. The zero-order valence-corrected chi connectivity index (χ0v) is 11.9. The van der Waals surface area contributed by atoms with E-state index in [1.807, 2.05) is 6.92 Å². The van der Waals surface area contributed by atoms with Crippen LogP contribution in [0, 0.1) is 12.3 Å². The Morgan fingerprint density at radius 2 is 1.84 bits per heavy atom. The maximum atomic E-state index is 11.3. The standard InChI is InChI=1S/C16H22O3/c1-10-8-14(17)13(9-16(2,3)15(18)19)12-7-5-4-6-11(10)12/h8,17H,4-7,9H2,1-3H3,(H,18,19). The van der Waals surface area contributed by atoms with E-state index < -0.39 is 11.4 Å². The fraction of sp³-hybridized carbons (Fsp3) is 0.562. The van der Waals surface area contributed by atoms with E-state index in [9.17, 15) is 15.0 Å². The van der Waals surface area contributed by atoms with Gasteiger partial charge in [-0.3, -0.25) is 4.79 Å². The van der Waals surface area contributed by atoms with Gasteiger partial charge >= 0.3 is 5.97 Å². The second-order valence-corrected chi connectivity index (χ2v) is 6.22. The molecule has 0 aromatic heterocycles. The summed E-state index contributed by atoms with van der Waals surface area (Å²) in [5, 5.41) is 19.5. The Morgan fingerprint density at radius 1 is 1.26 bits per heavy atom. The minimum absolute atomic E-state index is 0.257. The van der Waals surface area contributed by atoms with E-state index in [0.717, 1.165) is 30.4 Å². The molecule has 1 aromatic rings. The third-order valence-electron chi connectivity index (χ3n) is 4.17. The van der Waals surface area contributed by atoms with Crippen molar-refractivity contribution in [1.82, 2.24) is 0 Å². The van der Waals surface area contributed by atoms with Crippen LogP contribution in [-0.4, -0.2) is 16.2 Å². The number of rotatable bonds is 3. The first-order valence-corrected chi connectivity index (χ1v) is 6.89. The van der Waals surface area contributed by atoms with Crippen LogP contribution in [0.4, 0.5) is 0 Å². The molecule has 0 amide bonds. The average Bonchev–Trinajstić information content (AvgIpc) is 2.34. The Morgan fingerprint density at radius 3 is 2.42 bits per heavy atom. The number of aryl methyl sites for hydroxylation is 1. The summed E-state index contributed by atoms with van der Waals surface area (Å²) in [5.41, 5.74) is 3.63. The third kappa shape index (κ3) is 2.60. The lowest BCUT2D eigenvalue weighted by molar-refractivity contribution is -0.146. The molecule has 0 heterocycles. The van der Waals surface area contributed by atoms with Gasteiger partial charge in [0.15, 0.2) is 0 Å². The van der Waals surface area contributed by atoms with Crippen LogP contribution >= 0.6 is 0 Å². The Kier molecular flexibility index (Phi) is 3.57. The van der Waals surface area contributed by atoms with Gasteiger partial charge in [-0.25, -0.2) is 0 Å². The predicted octanol–water partition coefficient (Wildman–Crippen LogP) is 3.23. The van der Waals surface area contributed by atoms with Crippen LogP contribution in [0.3, 0.4) is 0 Å². The molecule has 3 nitrogen and oxygen atoms in total. The molecule has 1 aromatic carbocycles. The molecule has 104 valence electrons. The zero-order chi connectivity index (χ0) is 14.2. The lowest BCUT2D eigenvalue weighted by Crippen LogP contribution is -2.27. The molecule has 2 rings (SSSR count). The molecule has 3 heteroatoms. The van der Waals surface area contributed by atoms with Gasteiger partial charge in [0.2, 0.25) is 0 Å². The predicted molar refractivity (Wildman–Crippen MR) is 74.6 cm³/mol. The van der Waals surface area contributed by atoms with Crippen LogP contribution in [0.5, 0.6) is 5.75 Å². The van der Waals surface area contributed by atoms with Gasteiger partial charge in [-0.2, -0.15) is 0 Å². The third-order valence-corrected chi connectivity index (χ3v) is 4.17. The normalized spacial score (nSPS) is 15.1. The smallest absolute Gasteiger partial charge is 0.309 e. The van der Waals surface area contributed by atoms with Crippen molar-refractivity contribution in [2.24, 2.45) is 5.41 Å². The molecule has 0 unspecified atom stereocenters. The van der Waals surface area contributed by atoms with Crippen LogP contribution in [0.15, 0.2) is 6.07 Å². The lowest BCUT2D eigenvalue weighted by atomic mass is 9.78. The molecule has 0 bridgehead atoms. The van der Waals surface area contributed by atoms with Crippen LogP contribution in [0.25, 0.3) is 0 Å². The highest BCUT2D eigenvalue weighted by Crippen LogP contribution is 2.37. The van der Waals surface area contributed by atoms with E-state index in [-0.39, 0.29) is 5.75 Å². The molecular formula is C16H22O3. The molecule has 0 saturated heterocycles. The SMILES string of the molecule is Cc1cc(O)c(CC(C)(C)C(=O)O)c2c1CCCC2. The van der Waals surface area contributed by atoms with Gasteiger partial charge in [-0.15, -0.1) is 0 Å². The van der Waals surface area contributed by atoms with Crippen molar-refractivity contribution in [3.63, 3.8) is 0 Å². The number of benzene rings is 1. The van der Waals surface area contributed by atoms with E-state index in [1.54, 1.807) is 19.9 Å². The summed E-state index contributed by atoms with van der Waals surface area (Å²) >= 11 is 0. The second kappa shape index (κ2) is 4.87. The summed E-state index contributed by atoms with van der Waals surface area (Å²) in [6.07, 6.45) is 4.69. The molecule has 2 N–H and O–H groups in total. The van der Waals surface area contributed by atoms with Crippen molar-refractivity contribution >= 4 is 5.97 Å². The summed E-state index contributed by atoms with van der Waals surface area (Å²) in [6.45, 7) is 5.45. The number of carbonyl (C=O) groups is 1. The molecular weight excluding hydrogens is 240 g/mol. The number of hydrogen-bond donors (Lipinski definition) is 2. The van der Waals surface area contributed by atoms with Crippen molar-refractivity contribution < 1.29 is 15.0 Å². The average molecular weight is 262 g/mol. The van der Waals surface area contributed by atoms with E-state index in [1.165, 1.54) is 17.5 Å². The largest absolute Gasteiger partial charge is 0.508 e. The van der Waals surface area contributed by atoms with Gasteiger partial charge in [0, 0.05) is 0 Å². The van der Waals surface area contributed by atoms with Crippen LogP contribution in [0.1, 0.15) is 48.9 Å². The fourth-order valence-electron chi connectivity index (χ4n) is 2.92. The molecule has 1 aliphatic carbocycles. The van der Waals surface area contributed by atoms with E-state index in [4.69, 9.17) is 0 Å². The highest BCUT2D eigenvalue weighted by Gasteiger charge is 2.31. The molecule has 0 fully saturated rings. The van der Waals surface area contributed by atoms with E-state index in [2.05, 4.69) is 0 Å². The number of phenols is 1. The molecule has 0 spiro atoms. The van der Waals surface area contributed by atoms with Gasteiger partial charge < -0.3 is 10.2 Å². The van der Waals surface area contributed by atoms with Crippen molar-refractivity contribution in [3.8, 4) is 5.75 Å². The fourth-order valence-corrected chi connectivity index (χ4v) is 2.92. The molecule has 0 aliphatic heterocycles. The van der Waals surface area contributed by atoms with Gasteiger partial charge in [0.25, 0.3) is 0 Å². The summed E-state index contributed by atoms with van der Waals surface area (Å²) in [5.74, 6) is -0.565. The molecule has 0 saturated carbocycles.